The van der Waals surface area contributed by atoms with E-state index in [2.05, 4.69) is 4.90 Å². The number of piperazine rings is 1. The molecule has 7 heteroatoms. The summed E-state index contributed by atoms with van der Waals surface area (Å²) in [4.78, 5) is 28.1. The van der Waals surface area contributed by atoms with Crippen molar-refractivity contribution in [2.45, 2.75) is 13.5 Å². The SMILES string of the molecule is CCn1cc(C(=O)O)c(=O)c2c(N3CCN(C)CC3)c(F)ccc21. The van der Waals surface area contributed by atoms with E-state index < -0.39 is 17.2 Å². The van der Waals surface area contributed by atoms with Crippen LogP contribution in [0.3, 0.4) is 0 Å². The molecule has 128 valence electrons. The van der Waals surface area contributed by atoms with Crippen LogP contribution in [0.4, 0.5) is 10.1 Å². The van der Waals surface area contributed by atoms with E-state index in [4.69, 9.17) is 0 Å². The number of anilines is 1. The molecular formula is C17H20FN3O3. The van der Waals surface area contributed by atoms with Gasteiger partial charge >= 0.3 is 5.97 Å². The van der Waals surface area contributed by atoms with Crippen molar-refractivity contribution in [2.75, 3.05) is 38.1 Å². The number of hydrogen-bond donors (Lipinski definition) is 1. The number of aryl methyl sites for hydroxylation is 1. The molecule has 6 nitrogen and oxygen atoms in total. The summed E-state index contributed by atoms with van der Waals surface area (Å²) in [5.74, 6) is -1.79. The van der Waals surface area contributed by atoms with E-state index in [1.54, 1.807) is 10.6 Å². The third-order valence-corrected chi connectivity index (χ3v) is 4.56. The van der Waals surface area contributed by atoms with Gasteiger partial charge in [-0.3, -0.25) is 4.79 Å². The van der Waals surface area contributed by atoms with Gasteiger partial charge in [0.25, 0.3) is 0 Å². The van der Waals surface area contributed by atoms with Gasteiger partial charge in [-0.15, -0.1) is 0 Å². The van der Waals surface area contributed by atoms with Gasteiger partial charge in [-0.1, -0.05) is 0 Å². The Morgan fingerprint density at radius 2 is 1.92 bits per heavy atom. The fourth-order valence-electron chi connectivity index (χ4n) is 3.19. The smallest absolute Gasteiger partial charge is 0.341 e. The molecule has 0 spiro atoms. The Labute approximate surface area is 138 Å². The van der Waals surface area contributed by atoms with Crippen molar-refractivity contribution in [3.05, 3.63) is 39.9 Å². The molecule has 1 N–H and O–H groups in total. The maximum Gasteiger partial charge on any atom is 0.341 e. The monoisotopic (exact) mass is 333 g/mol. The van der Waals surface area contributed by atoms with E-state index in [1.165, 1.54) is 12.3 Å². The number of aromatic nitrogens is 1. The van der Waals surface area contributed by atoms with Crippen molar-refractivity contribution in [2.24, 2.45) is 0 Å². The van der Waals surface area contributed by atoms with Gasteiger partial charge in [0.05, 0.1) is 16.6 Å². The molecule has 1 aliphatic heterocycles. The largest absolute Gasteiger partial charge is 0.477 e. The van der Waals surface area contributed by atoms with Crippen LogP contribution in [-0.2, 0) is 6.54 Å². The van der Waals surface area contributed by atoms with Gasteiger partial charge in [0.1, 0.15) is 11.4 Å². The van der Waals surface area contributed by atoms with Crippen LogP contribution in [0.2, 0.25) is 0 Å². The average molecular weight is 333 g/mol. The highest BCUT2D eigenvalue weighted by Crippen LogP contribution is 2.29. The molecule has 1 saturated heterocycles. The predicted octanol–water partition coefficient (Wildman–Crippen LogP) is 1.61. The molecule has 1 aliphatic rings. The summed E-state index contributed by atoms with van der Waals surface area (Å²) < 4.78 is 16.3. The zero-order valence-electron chi connectivity index (χ0n) is 13.8. The van der Waals surface area contributed by atoms with Crippen LogP contribution in [0.25, 0.3) is 10.9 Å². The van der Waals surface area contributed by atoms with Crippen LogP contribution in [0.15, 0.2) is 23.1 Å². The molecule has 0 unspecified atom stereocenters. The number of nitrogens with zero attached hydrogens (tertiary/aromatic N) is 3. The summed E-state index contributed by atoms with van der Waals surface area (Å²) in [6.45, 7) is 5.05. The lowest BCUT2D eigenvalue weighted by Gasteiger charge is -2.34. The van der Waals surface area contributed by atoms with Crippen LogP contribution >= 0.6 is 0 Å². The molecule has 2 heterocycles. The molecule has 0 bridgehead atoms. The highest BCUT2D eigenvalue weighted by Gasteiger charge is 2.24. The van der Waals surface area contributed by atoms with Gasteiger partial charge in [-0.05, 0) is 26.1 Å². The van der Waals surface area contributed by atoms with Crippen molar-refractivity contribution in [1.82, 2.24) is 9.47 Å². The summed E-state index contributed by atoms with van der Waals surface area (Å²) in [5.41, 5.74) is -0.181. The average Bonchev–Trinajstić information content (AvgIpc) is 2.56. The van der Waals surface area contributed by atoms with Crippen LogP contribution in [-0.4, -0.2) is 53.8 Å². The van der Waals surface area contributed by atoms with Crippen LogP contribution in [0.1, 0.15) is 17.3 Å². The molecule has 2 aromatic rings. The Morgan fingerprint density at radius 1 is 1.25 bits per heavy atom. The van der Waals surface area contributed by atoms with E-state index >= 15 is 0 Å². The number of halogens is 1. The summed E-state index contributed by atoms with van der Waals surface area (Å²) in [6, 6.07) is 2.89. The topological polar surface area (TPSA) is 65.8 Å². The van der Waals surface area contributed by atoms with Crippen molar-refractivity contribution in [3.63, 3.8) is 0 Å². The van der Waals surface area contributed by atoms with Crippen molar-refractivity contribution < 1.29 is 14.3 Å². The lowest BCUT2D eigenvalue weighted by Crippen LogP contribution is -2.45. The summed E-state index contributed by atoms with van der Waals surface area (Å²) >= 11 is 0. The molecular weight excluding hydrogens is 313 g/mol. The summed E-state index contributed by atoms with van der Waals surface area (Å²) in [6.07, 6.45) is 1.33. The maximum atomic E-state index is 14.6. The number of carboxylic acids is 1. The number of rotatable bonds is 3. The first kappa shape index (κ1) is 16.4. The number of carbonyl (C=O) groups is 1. The standard InChI is InChI=1S/C17H20FN3O3/c1-3-20-10-11(17(23)24)16(22)14-13(20)5-4-12(18)15(14)21-8-6-19(2)7-9-21/h4-5,10H,3,6-9H2,1-2H3,(H,23,24). The second kappa shape index (κ2) is 6.24. The molecule has 0 saturated carbocycles. The Morgan fingerprint density at radius 3 is 2.50 bits per heavy atom. The second-order valence-electron chi connectivity index (χ2n) is 6.04. The highest BCUT2D eigenvalue weighted by atomic mass is 19.1. The van der Waals surface area contributed by atoms with E-state index in [0.29, 0.717) is 25.2 Å². The van der Waals surface area contributed by atoms with Crippen molar-refractivity contribution in [3.8, 4) is 0 Å². The van der Waals surface area contributed by atoms with Gasteiger partial charge in [0, 0.05) is 38.9 Å². The lowest BCUT2D eigenvalue weighted by atomic mass is 10.1. The molecule has 0 amide bonds. The van der Waals surface area contributed by atoms with E-state index in [-0.39, 0.29) is 16.6 Å². The van der Waals surface area contributed by atoms with E-state index in [0.717, 1.165) is 13.1 Å². The minimum atomic E-state index is -1.29. The first-order valence-corrected chi connectivity index (χ1v) is 7.96. The third kappa shape index (κ3) is 2.65. The number of likely N-dealkylation sites (N-methyl/N-ethyl adjacent to an activating group) is 1. The zero-order chi connectivity index (χ0) is 17.4. The normalized spacial score (nSPS) is 15.9. The van der Waals surface area contributed by atoms with Gasteiger partial charge in [0.15, 0.2) is 0 Å². The molecule has 1 fully saturated rings. The minimum absolute atomic E-state index is 0.154. The third-order valence-electron chi connectivity index (χ3n) is 4.56. The fraction of sp³-hybridized carbons (Fsp3) is 0.412. The molecule has 0 atom stereocenters. The quantitative estimate of drug-likeness (QED) is 0.924. The Kier molecular flexibility index (Phi) is 4.28. The summed E-state index contributed by atoms with van der Waals surface area (Å²) in [7, 11) is 1.99. The van der Waals surface area contributed by atoms with Crippen LogP contribution < -0.4 is 10.3 Å². The van der Waals surface area contributed by atoms with Gasteiger partial charge in [-0.25, -0.2) is 9.18 Å². The number of pyridine rings is 1. The predicted molar refractivity (Wildman–Crippen MR) is 90.5 cm³/mol. The Hall–Kier alpha value is -2.41. The number of aromatic carboxylic acids is 1. The Bertz CT molecular complexity index is 854. The summed E-state index contributed by atoms with van der Waals surface area (Å²) in [5, 5.41) is 9.48. The fourth-order valence-corrected chi connectivity index (χ4v) is 3.19. The molecule has 1 aromatic carbocycles. The minimum Gasteiger partial charge on any atom is -0.477 e. The number of benzene rings is 1. The van der Waals surface area contributed by atoms with E-state index in [9.17, 15) is 19.1 Å². The highest BCUT2D eigenvalue weighted by molar-refractivity contribution is 5.98. The zero-order valence-corrected chi connectivity index (χ0v) is 13.8. The first-order chi connectivity index (χ1) is 11.4. The first-order valence-electron chi connectivity index (χ1n) is 7.96. The lowest BCUT2D eigenvalue weighted by molar-refractivity contribution is 0.0695. The van der Waals surface area contributed by atoms with Gasteiger partial charge in [-0.2, -0.15) is 0 Å². The molecule has 1 aromatic heterocycles. The maximum absolute atomic E-state index is 14.6. The van der Waals surface area contributed by atoms with Crippen LogP contribution in [0.5, 0.6) is 0 Å². The van der Waals surface area contributed by atoms with E-state index in [1.807, 2.05) is 18.9 Å². The van der Waals surface area contributed by atoms with Crippen LogP contribution in [0, 0.1) is 5.82 Å². The van der Waals surface area contributed by atoms with Crippen molar-refractivity contribution in [1.29, 1.82) is 0 Å². The number of fused-ring (bicyclic) bond motifs is 1. The van der Waals surface area contributed by atoms with Crippen molar-refractivity contribution >= 4 is 22.6 Å². The van der Waals surface area contributed by atoms with Gasteiger partial charge in [0.2, 0.25) is 5.43 Å². The molecule has 24 heavy (non-hydrogen) atoms. The number of carboxylic acid groups (broad SMARTS) is 1. The molecule has 0 aliphatic carbocycles. The second-order valence-corrected chi connectivity index (χ2v) is 6.04. The number of hydrogen-bond acceptors (Lipinski definition) is 4. The molecule has 3 rings (SSSR count). The molecule has 0 radical (unpaired) electrons. The Balaban J connectivity index is 2.32. The van der Waals surface area contributed by atoms with Gasteiger partial charge < -0.3 is 19.5 Å².